The molecule has 24 heavy (non-hydrogen) atoms. The average molecular weight is 335 g/mol. The van der Waals surface area contributed by atoms with Gasteiger partial charge in [0.25, 0.3) is 0 Å². The molecule has 0 saturated heterocycles. The molecule has 0 saturated carbocycles. The van der Waals surface area contributed by atoms with Crippen LogP contribution in [0.1, 0.15) is 29.7 Å². The highest BCUT2D eigenvalue weighted by atomic mass is 32.2. The summed E-state index contributed by atoms with van der Waals surface area (Å²) in [5.74, 6) is 0.546. The van der Waals surface area contributed by atoms with Crippen LogP contribution in [-0.2, 0) is 4.79 Å². The lowest BCUT2D eigenvalue weighted by Gasteiger charge is -2.30. The van der Waals surface area contributed by atoms with E-state index in [2.05, 4.69) is 67.7 Å². The van der Waals surface area contributed by atoms with E-state index in [0.717, 1.165) is 11.4 Å². The molecule has 2 aromatic rings. The quantitative estimate of drug-likeness (QED) is 0.760. The molecule has 1 aliphatic heterocycles. The second-order valence-electron chi connectivity index (χ2n) is 6.82. The fourth-order valence-corrected chi connectivity index (χ4v) is 4.99. The van der Waals surface area contributed by atoms with E-state index >= 15 is 0 Å². The second-order valence-corrected chi connectivity index (χ2v) is 8.00. The molecule has 4 rings (SSSR count). The summed E-state index contributed by atoms with van der Waals surface area (Å²) in [6.07, 6.45) is 2.88. The van der Waals surface area contributed by atoms with Gasteiger partial charge in [-0.3, -0.25) is 4.79 Å². The second kappa shape index (κ2) is 6.14. The standard InChI is InChI=1S/C21H21NOS/c1-13-7-9-15(10-8-13)21-20-17(11-14(2)12-18(20)23)22-16-5-3-4-6-19(16)24-21/h3-11,14,20-22H,12H2,1-2H3/t14-,20+,21+/m0/s1. The van der Waals surface area contributed by atoms with Crippen LogP contribution in [-0.4, -0.2) is 5.78 Å². The van der Waals surface area contributed by atoms with Gasteiger partial charge in [-0.2, -0.15) is 0 Å². The zero-order chi connectivity index (χ0) is 16.7. The fraction of sp³-hybridized carbons (Fsp3) is 0.286. The van der Waals surface area contributed by atoms with E-state index in [0.29, 0.717) is 18.1 Å². The van der Waals surface area contributed by atoms with E-state index in [4.69, 9.17) is 0 Å². The van der Waals surface area contributed by atoms with Crippen LogP contribution in [0.3, 0.4) is 0 Å². The van der Waals surface area contributed by atoms with Gasteiger partial charge >= 0.3 is 0 Å². The third kappa shape index (κ3) is 2.78. The molecule has 0 fully saturated rings. The molecule has 3 heteroatoms. The van der Waals surface area contributed by atoms with Crippen LogP contribution in [0, 0.1) is 18.8 Å². The number of para-hydroxylation sites is 1. The Balaban J connectivity index is 1.85. The van der Waals surface area contributed by atoms with Crippen LogP contribution >= 0.6 is 11.8 Å². The Kier molecular flexibility index (Phi) is 3.97. The third-order valence-electron chi connectivity index (χ3n) is 4.80. The van der Waals surface area contributed by atoms with E-state index < -0.39 is 0 Å². The van der Waals surface area contributed by atoms with Crippen molar-refractivity contribution in [3.05, 3.63) is 71.4 Å². The number of Topliss-reactive ketones (excluding diaryl/α,β-unsaturated/α-hetero) is 1. The highest BCUT2D eigenvalue weighted by Gasteiger charge is 2.39. The Morgan fingerprint density at radius 1 is 1.08 bits per heavy atom. The lowest BCUT2D eigenvalue weighted by Crippen LogP contribution is -2.30. The van der Waals surface area contributed by atoms with Crippen molar-refractivity contribution in [1.29, 1.82) is 0 Å². The van der Waals surface area contributed by atoms with E-state index in [-0.39, 0.29) is 11.2 Å². The van der Waals surface area contributed by atoms with Gasteiger partial charge in [-0.05, 0) is 30.5 Å². The van der Waals surface area contributed by atoms with E-state index in [1.54, 1.807) is 11.8 Å². The Morgan fingerprint density at radius 3 is 2.62 bits per heavy atom. The number of fused-ring (bicyclic) bond motifs is 2. The fourth-order valence-electron chi connectivity index (χ4n) is 3.59. The number of hydrogen-bond acceptors (Lipinski definition) is 3. The molecule has 0 amide bonds. The number of carbonyl (C=O) groups excluding carboxylic acids is 1. The minimum atomic E-state index is -0.0960. The molecule has 0 spiro atoms. The lowest BCUT2D eigenvalue weighted by molar-refractivity contribution is -0.122. The molecular formula is C21H21NOS. The number of benzene rings is 2. The lowest BCUT2D eigenvalue weighted by atomic mass is 9.81. The number of hydrogen-bond donors (Lipinski definition) is 1. The van der Waals surface area contributed by atoms with Gasteiger partial charge in [0, 0.05) is 22.3 Å². The van der Waals surface area contributed by atoms with Crippen LogP contribution in [0.15, 0.2) is 65.2 Å². The molecule has 1 N–H and O–H groups in total. The predicted octanol–water partition coefficient (Wildman–Crippen LogP) is 5.36. The van der Waals surface area contributed by atoms with Crippen molar-refractivity contribution in [3.8, 4) is 0 Å². The average Bonchev–Trinajstić information content (AvgIpc) is 2.72. The maximum atomic E-state index is 12.9. The first kappa shape index (κ1) is 15.5. The molecule has 0 bridgehead atoms. The first-order valence-electron chi connectivity index (χ1n) is 8.45. The van der Waals surface area contributed by atoms with Crippen LogP contribution in [0.4, 0.5) is 5.69 Å². The number of thioether (sulfide) groups is 1. The summed E-state index contributed by atoms with van der Waals surface area (Å²) in [7, 11) is 0. The van der Waals surface area contributed by atoms with Crippen molar-refractivity contribution in [2.75, 3.05) is 5.32 Å². The first-order chi connectivity index (χ1) is 11.6. The summed E-state index contributed by atoms with van der Waals surface area (Å²) in [6, 6.07) is 17.0. The molecule has 1 heterocycles. The number of nitrogens with one attached hydrogen (secondary N) is 1. The molecule has 1 aliphatic carbocycles. The summed E-state index contributed by atoms with van der Waals surface area (Å²) in [6.45, 7) is 4.22. The van der Waals surface area contributed by atoms with Gasteiger partial charge in [0.05, 0.1) is 11.6 Å². The predicted molar refractivity (Wildman–Crippen MR) is 100 cm³/mol. The van der Waals surface area contributed by atoms with Crippen LogP contribution in [0.2, 0.25) is 0 Å². The zero-order valence-electron chi connectivity index (χ0n) is 14.0. The number of ketones is 1. The summed E-state index contributed by atoms with van der Waals surface area (Å²) in [4.78, 5) is 14.1. The number of carbonyl (C=O) groups is 1. The zero-order valence-corrected chi connectivity index (χ0v) is 14.8. The topological polar surface area (TPSA) is 29.1 Å². The largest absolute Gasteiger partial charge is 0.358 e. The molecule has 2 nitrogen and oxygen atoms in total. The highest BCUT2D eigenvalue weighted by molar-refractivity contribution is 7.99. The van der Waals surface area contributed by atoms with Crippen molar-refractivity contribution in [1.82, 2.24) is 0 Å². The highest BCUT2D eigenvalue weighted by Crippen LogP contribution is 2.51. The van der Waals surface area contributed by atoms with Crippen molar-refractivity contribution in [3.63, 3.8) is 0 Å². The Hall–Kier alpha value is -2.00. The molecular weight excluding hydrogens is 314 g/mol. The summed E-state index contributed by atoms with van der Waals surface area (Å²) >= 11 is 1.80. The van der Waals surface area contributed by atoms with Crippen molar-refractivity contribution in [2.24, 2.45) is 11.8 Å². The number of anilines is 1. The van der Waals surface area contributed by atoms with Crippen LogP contribution in [0.5, 0.6) is 0 Å². The summed E-state index contributed by atoms with van der Waals surface area (Å²) < 4.78 is 0. The van der Waals surface area contributed by atoms with Gasteiger partial charge in [0.2, 0.25) is 0 Å². The minimum Gasteiger partial charge on any atom is -0.358 e. The molecule has 2 aromatic carbocycles. The normalized spacial score (nSPS) is 25.8. The van der Waals surface area contributed by atoms with Crippen LogP contribution in [0.25, 0.3) is 0 Å². The van der Waals surface area contributed by atoms with Crippen molar-refractivity contribution < 1.29 is 4.79 Å². The number of rotatable bonds is 1. The molecule has 2 aliphatic rings. The summed E-state index contributed by atoms with van der Waals surface area (Å²) in [5, 5.41) is 3.67. The van der Waals surface area contributed by atoms with Gasteiger partial charge < -0.3 is 5.32 Å². The number of aryl methyl sites for hydroxylation is 1. The molecule has 0 unspecified atom stereocenters. The van der Waals surface area contributed by atoms with Crippen LogP contribution < -0.4 is 5.32 Å². The smallest absolute Gasteiger partial charge is 0.143 e. The third-order valence-corrected chi connectivity index (χ3v) is 6.21. The monoisotopic (exact) mass is 335 g/mol. The van der Waals surface area contributed by atoms with E-state index in [9.17, 15) is 4.79 Å². The Bertz CT molecular complexity index is 809. The Morgan fingerprint density at radius 2 is 1.83 bits per heavy atom. The van der Waals surface area contributed by atoms with E-state index in [1.165, 1.54) is 16.0 Å². The minimum absolute atomic E-state index is 0.0960. The van der Waals surface area contributed by atoms with Crippen molar-refractivity contribution in [2.45, 2.75) is 30.4 Å². The van der Waals surface area contributed by atoms with Gasteiger partial charge in [-0.25, -0.2) is 0 Å². The van der Waals surface area contributed by atoms with Crippen molar-refractivity contribution >= 4 is 23.2 Å². The Labute approximate surface area is 147 Å². The maximum absolute atomic E-state index is 12.9. The van der Waals surface area contributed by atoms with Gasteiger partial charge in [-0.15, -0.1) is 11.8 Å². The first-order valence-corrected chi connectivity index (χ1v) is 9.33. The SMILES string of the molecule is Cc1ccc([C@H]2Sc3ccccc3NC3=C[C@H](C)CC(=O)[C@@H]32)cc1. The molecule has 122 valence electrons. The molecule has 3 atom stereocenters. The van der Waals surface area contributed by atoms with Gasteiger partial charge in [0.1, 0.15) is 5.78 Å². The summed E-state index contributed by atoms with van der Waals surface area (Å²) in [5.41, 5.74) is 4.65. The molecule has 0 radical (unpaired) electrons. The maximum Gasteiger partial charge on any atom is 0.143 e. The molecule has 0 aromatic heterocycles. The van der Waals surface area contributed by atoms with Gasteiger partial charge in [-0.1, -0.05) is 55.0 Å². The van der Waals surface area contributed by atoms with E-state index in [1.807, 2.05) is 6.07 Å². The van der Waals surface area contributed by atoms with Gasteiger partial charge in [0.15, 0.2) is 0 Å². The number of allylic oxidation sites excluding steroid dienone is 2.